The fraction of sp³-hybridized carbons (Fsp3) is 0.611. The first-order valence-corrected chi connectivity index (χ1v) is 9.45. The summed E-state index contributed by atoms with van der Waals surface area (Å²) in [6.45, 7) is 6.50. The van der Waals surface area contributed by atoms with Crippen LogP contribution in [0.1, 0.15) is 12.8 Å². The summed E-state index contributed by atoms with van der Waals surface area (Å²) in [5.41, 5.74) is 6.85. The van der Waals surface area contributed by atoms with Crippen LogP contribution in [0.5, 0.6) is 5.75 Å². The summed E-state index contributed by atoms with van der Waals surface area (Å²) in [5, 5.41) is 8.37. The van der Waals surface area contributed by atoms with Crippen LogP contribution in [0.15, 0.2) is 16.7 Å². The van der Waals surface area contributed by atoms with Gasteiger partial charge in [-0.2, -0.15) is 0 Å². The van der Waals surface area contributed by atoms with Crippen LogP contribution in [0.4, 0.5) is 11.7 Å². The Balaban J connectivity index is 1.38. The molecule has 2 N–H and O–H groups in total. The molecule has 9 heteroatoms. The third-order valence-electron chi connectivity index (χ3n) is 5.54. The Morgan fingerprint density at radius 3 is 2.56 bits per heavy atom. The molecule has 0 unspecified atom stereocenters. The molecule has 9 nitrogen and oxygen atoms in total. The highest BCUT2D eigenvalue weighted by molar-refractivity contribution is 5.59. The molecule has 0 atom stereocenters. The summed E-state index contributed by atoms with van der Waals surface area (Å²) in [6.07, 6.45) is 3.78. The molecule has 2 aromatic rings. The number of aromatic nitrogens is 3. The fourth-order valence-corrected chi connectivity index (χ4v) is 3.80. The first kappa shape index (κ1) is 18.0. The van der Waals surface area contributed by atoms with Crippen LogP contribution in [-0.2, 0) is 0 Å². The quantitative estimate of drug-likeness (QED) is 0.839. The van der Waals surface area contributed by atoms with Gasteiger partial charge in [0.25, 0.3) is 5.89 Å². The summed E-state index contributed by atoms with van der Waals surface area (Å²) < 4.78 is 11.1. The van der Waals surface area contributed by atoms with E-state index in [9.17, 15) is 0 Å². The van der Waals surface area contributed by atoms with Gasteiger partial charge in [0.2, 0.25) is 0 Å². The van der Waals surface area contributed by atoms with Gasteiger partial charge < -0.3 is 24.7 Å². The van der Waals surface area contributed by atoms with Gasteiger partial charge in [0.15, 0.2) is 0 Å². The highest BCUT2D eigenvalue weighted by Gasteiger charge is 2.28. The second kappa shape index (κ2) is 7.69. The second-order valence-corrected chi connectivity index (χ2v) is 7.26. The van der Waals surface area contributed by atoms with E-state index in [1.165, 1.54) is 0 Å². The van der Waals surface area contributed by atoms with Crippen molar-refractivity contribution in [1.29, 1.82) is 0 Å². The van der Waals surface area contributed by atoms with Crippen LogP contribution >= 0.6 is 0 Å². The van der Waals surface area contributed by atoms with Crippen LogP contribution in [0.2, 0.25) is 0 Å². The van der Waals surface area contributed by atoms with E-state index in [0.717, 1.165) is 52.1 Å². The average Bonchev–Trinajstić information content (AvgIpc) is 3.19. The van der Waals surface area contributed by atoms with Gasteiger partial charge in [0, 0.05) is 51.4 Å². The van der Waals surface area contributed by atoms with E-state index >= 15 is 0 Å². The van der Waals surface area contributed by atoms with Crippen molar-refractivity contribution >= 4 is 11.7 Å². The minimum atomic E-state index is 0.379. The van der Waals surface area contributed by atoms with Gasteiger partial charge in [0.05, 0.1) is 19.0 Å². The first-order chi connectivity index (χ1) is 13.1. The standard InChI is InChI=1S/C18H27N7O2/c1-23-7-9-24(10-8-23)13-3-5-25(6-4-13)18-22-21-17(27-18)15-11-16(26-2)14(19)12-20-15/h11-13H,3-10,19H2,1-2H3. The van der Waals surface area contributed by atoms with E-state index in [-0.39, 0.29) is 0 Å². The van der Waals surface area contributed by atoms with Gasteiger partial charge in [0.1, 0.15) is 11.4 Å². The zero-order valence-electron chi connectivity index (χ0n) is 16.0. The van der Waals surface area contributed by atoms with Crippen LogP contribution in [0.25, 0.3) is 11.6 Å². The molecule has 2 fully saturated rings. The molecule has 0 aromatic carbocycles. The van der Waals surface area contributed by atoms with Crippen molar-refractivity contribution in [2.24, 2.45) is 0 Å². The molecule has 0 bridgehead atoms. The van der Waals surface area contributed by atoms with Gasteiger partial charge >= 0.3 is 6.01 Å². The molecular formula is C18H27N7O2. The number of hydrogen-bond acceptors (Lipinski definition) is 9. The smallest absolute Gasteiger partial charge is 0.318 e. The molecule has 2 saturated heterocycles. The van der Waals surface area contributed by atoms with Gasteiger partial charge in [-0.25, -0.2) is 4.98 Å². The minimum Gasteiger partial charge on any atom is -0.494 e. The van der Waals surface area contributed by atoms with Crippen molar-refractivity contribution < 1.29 is 9.15 Å². The van der Waals surface area contributed by atoms with E-state index in [1.807, 2.05) is 0 Å². The van der Waals surface area contributed by atoms with E-state index in [1.54, 1.807) is 19.4 Å². The molecule has 2 aromatic heterocycles. The maximum atomic E-state index is 5.87. The number of likely N-dealkylation sites (N-methyl/N-ethyl adjacent to an activating group) is 1. The maximum absolute atomic E-state index is 5.87. The second-order valence-electron chi connectivity index (χ2n) is 7.26. The number of anilines is 2. The highest BCUT2D eigenvalue weighted by Crippen LogP contribution is 2.28. The molecule has 146 valence electrons. The number of pyridine rings is 1. The van der Waals surface area contributed by atoms with Crippen molar-refractivity contribution in [3.05, 3.63) is 12.3 Å². The maximum Gasteiger partial charge on any atom is 0.318 e. The molecule has 2 aliphatic heterocycles. The zero-order chi connectivity index (χ0) is 18.8. The van der Waals surface area contributed by atoms with Crippen molar-refractivity contribution in [3.63, 3.8) is 0 Å². The number of nitrogens with two attached hydrogens (primary N) is 1. The summed E-state index contributed by atoms with van der Waals surface area (Å²) in [4.78, 5) is 11.4. The van der Waals surface area contributed by atoms with Crippen molar-refractivity contribution in [3.8, 4) is 17.3 Å². The molecule has 4 rings (SSSR count). The van der Waals surface area contributed by atoms with E-state index in [0.29, 0.717) is 35.1 Å². The first-order valence-electron chi connectivity index (χ1n) is 9.45. The summed E-state index contributed by atoms with van der Waals surface area (Å²) >= 11 is 0. The highest BCUT2D eigenvalue weighted by atomic mass is 16.5. The summed E-state index contributed by atoms with van der Waals surface area (Å²) in [6, 6.07) is 2.92. The third-order valence-corrected chi connectivity index (χ3v) is 5.54. The van der Waals surface area contributed by atoms with Crippen LogP contribution in [0.3, 0.4) is 0 Å². The molecule has 0 saturated carbocycles. The Labute approximate surface area is 159 Å². The largest absolute Gasteiger partial charge is 0.494 e. The van der Waals surface area contributed by atoms with E-state index < -0.39 is 0 Å². The molecule has 2 aliphatic rings. The predicted molar refractivity (Wildman–Crippen MR) is 103 cm³/mol. The lowest BCUT2D eigenvalue weighted by Gasteiger charge is -2.41. The Hall–Kier alpha value is -2.39. The van der Waals surface area contributed by atoms with Gasteiger partial charge in [-0.3, -0.25) is 4.90 Å². The molecule has 4 heterocycles. The van der Waals surface area contributed by atoms with Crippen LogP contribution in [-0.4, -0.2) is 84.4 Å². The number of nitrogens with zero attached hydrogens (tertiary/aromatic N) is 6. The van der Waals surface area contributed by atoms with E-state index in [4.69, 9.17) is 14.9 Å². The van der Waals surface area contributed by atoms with Gasteiger partial charge in [-0.15, -0.1) is 5.10 Å². The lowest BCUT2D eigenvalue weighted by atomic mass is 10.0. The van der Waals surface area contributed by atoms with Gasteiger partial charge in [-0.1, -0.05) is 5.10 Å². The molecule has 0 spiro atoms. The average molecular weight is 373 g/mol. The molecule has 0 aliphatic carbocycles. The normalized spacial score (nSPS) is 20.1. The topological polar surface area (TPSA) is 96.8 Å². The SMILES string of the molecule is COc1cc(-c2nnc(N3CCC(N4CCN(C)CC4)CC3)o2)ncc1N. The lowest BCUT2D eigenvalue weighted by molar-refractivity contribution is 0.0976. The monoisotopic (exact) mass is 373 g/mol. The number of hydrogen-bond donors (Lipinski definition) is 1. The van der Waals surface area contributed by atoms with Crippen LogP contribution in [0, 0.1) is 0 Å². The Kier molecular flexibility index (Phi) is 5.13. The van der Waals surface area contributed by atoms with E-state index in [2.05, 4.69) is 36.9 Å². The number of rotatable bonds is 4. The van der Waals surface area contributed by atoms with Crippen LogP contribution < -0.4 is 15.4 Å². The summed E-state index contributed by atoms with van der Waals surface area (Å²) in [5.74, 6) is 0.928. The number of nitrogen functional groups attached to an aromatic ring is 1. The lowest BCUT2D eigenvalue weighted by Crippen LogP contribution is -2.52. The molecule has 0 radical (unpaired) electrons. The van der Waals surface area contributed by atoms with Crippen molar-refractivity contribution in [2.75, 3.05) is 64.1 Å². The number of methoxy groups -OCH3 is 1. The number of ether oxygens (including phenoxy) is 1. The number of piperidine rings is 1. The minimum absolute atomic E-state index is 0.379. The van der Waals surface area contributed by atoms with Gasteiger partial charge in [-0.05, 0) is 19.9 Å². The summed E-state index contributed by atoms with van der Waals surface area (Å²) in [7, 11) is 3.76. The fourth-order valence-electron chi connectivity index (χ4n) is 3.80. The Morgan fingerprint density at radius 1 is 1.11 bits per heavy atom. The molecule has 0 amide bonds. The Morgan fingerprint density at radius 2 is 1.85 bits per heavy atom. The third kappa shape index (κ3) is 3.84. The molecule has 27 heavy (non-hydrogen) atoms. The molecular weight excluding hydrogens is 346 g/mol. The number of piperazine rings is 1. The van der Waals surface area contributed by atoms with Crippen molar-refractivity contribution in [2.45, 2.75) is 18.9 Å². The zero-order valence-corrected chi connectivity index (χ0v) is 16.0. The Bertz CT molecular complexity index is 765. The van der Waals surface area contributed by atoms with Crippen molar-refractivity contribution in [1.82, 2.24) is 25.0 Å². The predicted octanol–water partition coefficient (Wildman–Crippen LogP) is 0.939.